The summed E-state index contributed by atoms with van der Waals surface area (Å²) in [5.41, 5.74) is 2.79. The molecule has 0 N–H and O–H groups in total. The molecule has 0 saturated carbocycles. The Balaban J connectivity index is 1.81. The number of hydrogen-bond acceptors (Lipinski definition) is 2. The van der Waals surface area contributed by atoms with Gasteiger partial charge in [0.2, 0.25) is 0 Å². The van der Waals surface area contributed by atoms with Crippen LogP contribution in [0.4, 0.5) is 0 Å². The third-order valence-corrected chi connectivity index (χ3v) is 6.98. The summed E-state index contributed by atoms with van der Waals surface area (Å²) in [6.07, 6.45) is 2.21. The Hall–Kier alpha value is -0.640. The Morgan fingerprint density at radius 2 is 1.21 bits per heavy atom. The van der Waals surface area contributed by atoms with Gasteiger partial charge in [-0.2, -0.15) is 11.4 Å². The van der Waals surface area contributed by atoms with Crippen molar-refractivity contribution in [1.29, 1.82) is 0 Å². The fourth-order valence-corrected chi connectivity index (χ4v) is 4.68. The van der Waals surface area contributed by atoms with Crippen molar-refractivity contribution in [1.82, 2.24) is 0 Å². The predicted octanol–water partition coefficient (Wildman–Crippen LogP) is 5.04. The summed E-state index contributed by atoms with van der Waals surface area (Å²) < 4.78 is 1.49. The summed E-state index contributed by atoms with van der Waals surface area (Å²) in [5, 5.41) is 0. The van der Waals surface area contributed by atoms with E-state index in [1.54, 1.807) is 0 Å². The van der Waals surface area contributed by atoms with Gasteiger partial charge in [-0.15, -0.1) is 23.5 Å². The molecule has 0 nitrogen and oxygen atoms in total. The van der Waals surface area contributed by atoms with Crippen LogP contribution in [0, 0.1) is 0 Å². The topological polar surface area (TPSA) is 0 Å². The molecule has 100 valence electrons. The summed E-state index contributed by atoms with van der Waals surface area (Å²) in [5.74, 6) is 2.14. The lowest BCUT2D eigenvalue weighted by Crippen LogP contribution is -1.88. The molecule has 0 radical (unpaired) electrons. The molecule has 0 amide bonds. The van der Waals surface area contributed by atoms with Crippen molar-refractivity contribution in [3.05, 3.63) is 71.8 Å². The molecule has 0 aromatic heterocycles. The summed E-state index contributed by atoms with van der Waals surface area (Å²) in [6.45, 7) is 0. The number of benzene rings is 2. The molecule has 0 fully saturated rings. The lowest BCUT2D eigenvalue weighted by atomic mass is 10.2. The highest BCUT2D eigenvalue weighted by atomic mass is 32.2. The van der Waals surface area contributed by atoms with Gasteiger partial charge in [-0.1, -0.05) is 60.7 Å². The van der Waals surface area contributed by atoms with Crippen LogP contribution in [0.1, 0.15) is 11.1 Å². The van der Waals surface area contributed by atoms with Crippen LogP contribution in [0.3, 0.4) is 0 Å². The van der Waals surface area contributed by atoms with E-state index in [1.807, 2.05) is 23.5 Å². The van der Waals surface area contributed by atoms with Gasteiger partial charge >= 0.3 is 0 Å². The highest BCUT2D eigenvalue weighted by Gasteiger charge is 2.01. The molecule has 19 heavy (non-hydrogen) atoms. The van der Waals surface area contributed by atoms with Gasteiger partial charge in [-0.25, -0.2) is 0 Å². The lowest BCUT2D eigenvalue weighted by molar-refractivity contribution is 1.42. The molecule has 0 aliphatic carbocycles. The number of rotatable bonds is 4. The fourth-order valence-electron chi connectivity index (χ4n) is 1.61. The van der Waals surface area contributed by atoms with Gasteiger partial charge in [0.1, 0.15) is 0 Å². The molecule has 2 rings (SSSR count). The van der Waals surface area contributed by atoms with Gasteiger partial charge in [-0.3, -0.25) is 0 Å². The van der Waals surface area contributed by atoms with E-state index in [-0.39, 0.29) is 0 Å². The average molecular weight is 307 g/mol. The van der Waals surface area contributed by atoms with Crippen LogP contribution in [0.2, 0.25) is 0 Å². The summed E-state index contributed by atoms with van der Waals surface area (Å²) >= 11 is 5.30. The second-order valence-corrected chi connectivity index (χ2v) is 7.77. The normalized spacial score (nSPS) is 10.4. The van der Waals surface area contributed by atoms with Crippen LogP contribution in [0.25, 0.3) is 0 Å². The molecule has 0 aliphatic heterocycles. The zero-order chi connectivity index (χ0) is 13.3. The van der Waals surface area contributed by atoms with Gasteiger partial charge in [0, 0.05) is 11.5 Å². The van der Waals surface area contributed by atoms with Gasteiger partial charge in [0.15, 0.2) is 0 Å². The maximum Gasteiger partial charge on any atom is 0.0617 e. The second-order valence-electron chi connectivity index (χ2n) is 4.04. The highest BCUT2D eigenvalue weighted by molar-refractivity contribution is 8.49. The van der Waals surface area contributed by atoms with Crippen molar-refractivity contribution < 1.29 is 0 Å². The SMILES string of the molecule is C[SH]=C(SCc1ccccc1)SCc1ccccc1. The van der Waals surface area contributed by atoms with E-state index in [0.29, 0.717) is 0 Å². The molecular weight excluding hydrogens is 288 g/mol. The quantitative estimate of drug-likeness (QED) is 0.621. The van der Waals surface area contributed by atoms with Gasteiger partial charge < -0.3 is 0 Å². The van der Waals surface area contributed by atoms with Crippen molar-refractivity contribution in [3.63, 3.8) is 0 Å². The summed E-state index contributed by atoms with van der Waals surface area (Å²) in [4.78, 5) is 0. The first-order valence-electron chi connectivity index (χ1n) is 6.18. The van der Waals surface area contributed by atoms with Crippen molar-refractivity contribution in [2.45, 2.75) is 11.5 Å². The molecule has 2 aromatic carbocycles. The van der Waals surface area contributed by atoms with Crippen molar-refractivity contribution in [2.24, 2.45) is 0 Å². The van der Waals surface area contributed by atoms with E-state index in [0.717, 1.165) is 11.5 Å². The van der Waals surface area contributed by atoms with Crippen molar-refractivity contribution >= 4 is 38.4 Å². The van der Waals surface area contributed by atoms with Crippen LogP contribution >= 0.6 is 34.9 Å². The minimum Gasteiger partial charge on any atom is -0.184 e. The Labute approximate surface area is 128 Å². The maximum atomic E-state index is 2.21. The molecule has 3 heteroatoms. The Morgan fingerprint density at radius 3 is 1.58 bits per heavy atom. The molecule has 0 saturated heterocycles. The molecule has 0 aliphatic rings. The minimum absolute atomic E-state index is 1.07. The summed E-state index contributed by atoms with van der Waals surface area (Å²) in [7, 11) is 0. The molecule has 0 heterocycles. The Bertz CT molecular complexity index is 461. The predicted molar refractivity (Wildman–Crippen MR) is 95.4 cm³/mol. The third kappa shape index (κ3) is 5.47. The highest BCUT2D eigenvalue weighted by Crippen LogP contribution is 2.26. The second kappa shape index (κ2) is 8.51. The third-order valence-electron chi connectivity index (χ3n) is 2.59. The van der Waals surface area contributed by atoms with E-state index in [2.05, 4.69) is 66.9 Å². The first kappa shape index (κ1) is 14.8. The van der Waals surface area contributed by atoms with Crippen LogP contribution in [-0.4, -0.2) is 9.78 Å². The largest absolute Gasteiger partial charge is 0.184 e. The first-order valence-corrected chi connectivity index (χ1v) is 9.50. The van der Waals surface area contributed by atoms with Crippen LogP contribution < -0.4 is 0 Å². The molecular formula is C16H18S3. The number of hydrogen-bond donors (Lipinski definition) is 1. The minimum atomic E-state index is 1.07. The molecule has 0 unspecified atom stereocenters. The van der Waals surface area contributed by atoms with E-state index in [4.69, 9.17) is 0 Å². The van der Waals surface area contributed by atoms with Gasteiger partial charge in [-0.05, 0) is 17.4 Å². The zero-order valence-electron chi connectivity index (χ0n) is 11.0. The Kier molecular flexibility index (Phi) is 6.62. The molecule has 2 aromatic rings. The van der Waals surface area contributed by atoms with E-state index < -0.39 is 0 Å². The standard InChI is InChI=1S/C16H18S3/c1-17-16(18-12-14-8-4-2-5-9-14)19-13-15-10-6-3-7-11-15/h2-11,17H,12-13H2,1H3. The van der Waals surface area contributed by atoms with Crippen molar-refractivity contribution in [2.75, 3.05) is 6.26 Å². The van der Waals surface area contributed by atoms with E-state index in [1.165, 1.54) is 26.0 Å². The van der Waals surface area contributed by atoms with Crippen LogP contribution in [0.15, 0.2) is 60.7 Å². The molecule has 0 bridgehead atoms. The van der Waals surface area contributed by atoms with Gasteiger partial charge in [0.25, 0.3) is 0 Å². The summed E-state index contributed by atoms with van der Waals surface area (Å²) in [6, 6.07) is 21.3. The first-order chi connectivity index (χ1) is 9.38. The maximum absolute atomic E-state index is 2.21. The fraction of sp³-hybridized carbons (Fsp3) is 0.188. The smallest absolute Gasteiger partial charge is 0.0617 e. The van der Waals surface area contributed by atoms with E-state index >= 15 is 0 Å². The van der Waals surface area contributed by atoms with E-state index in [9.17, 15) is 0 Å². The monoisotopic (exact) mass is 306 g/mol. The molecule has 0 atom stereocenters. The number of thiol groups is 1. The van der Waals surface area contributed by atoms with Gasteiger partial charge in [0.05, 0.1) is 3.53 Å². The average Bonchev–Trinajstić information content (AvgIpc) is 2.49. The lowest BCUT2D eigenvalue weighted by Gasteiger charge is -2.06. The van der Waals surface area contributed by atoms with Crippen LogP contribution in [0.5, 0.6) is 0 Å². The Morgan fingerprint density at radius 1 is 0.789 bits per heavy atom. The van der Waals surface area contributed by atoms with Crippen LogP contribution in [-0.2, 0) is 11.5 Å². The molecule has 0 spiro atoms. The zero-order valence-corrected chi connectivity index (χ0v) is 13.5. The number of thioether (sulfide) groups is 2. The van der Waals surface area contributed by atoms with Crippen molar-refractivity contribution in [3.8, 4) is 0 Å².